The fourth-order valence-electron chi connectivity index (χ4n) is 2.34. The highest BCUT2D eigenvalue weighted by Gasteiger charge is 2.14. The van der Waals surface area contributed by atoms with Crippen molar-refractivity contribution in [2.75, 3.05) is 18.9 Å². The Hall–Kier alpha value is -2.53. The summed E-state index contributed by atoms with van der Waals surface area (Å²) >= 11 is 5.77. The number of aromatic hydroxyl groups is 1. The predicted octanol–water partition coefficient (Wildman–Crippen LogP) is 4.17. The number of halogens is 1. The summed E-state index contributed by atoms with van der Waals surface area (Å²) in [6.45, 7) is 2.76. The Morgan fingerprint density at radius 3 is 2.64 bits per heavy atom. The number of carbonyl (C=O) groups is 2. The number of anilines is 1. The first-order valence-electron chi connectivity index (χ1n) is 8.07. The molecular formula is C19H21ClN2O3. The van der Waals surface area contributed by atoms with Gasteiger partial charge in [-0.25, -0.2) is 0 Å². The molecule has 2 aromatic carbocycles. The zero-order valence-electron chi connectivity index (χ0n) is 14.3. The summed E-state index contributed by atoms with van der Waals surface area (Å²) in [5, 5.41) is 12.9. The molecule has 2 N–H and O–H groups in total. The molecule has 6 heteroatoms. The highest BCUT2D eigenvalue weighted by molar-refractivity contribution is 6.31. The number of amides is 2. The first kappa shape index (κ1) is 18.8. The standard InChI is InChI=1S/C19H21ClN2O3/c1-3-4-10-22(2)19(25)13-6-5-7-15(11-13)21-18(24)16-9-8-14(20)12-17(16)23/h5-9,11-12,23H,3-4,10H2,1-2H3,(H,21,24). The molecule has 0 saturated carbocycles. The normalized spacial score (nSPS) is 10.4. The van der Waals surface area contributed by atoms with Crippen LogP contribution in [0.15, 0.2) is 42.5 Å². The number of hydrogen-bond donors (Lipinski definition) is 2. The number of hydrogen-bond acceptors (Lipinski definition) is 3. The van der Waals surface area contributed by atoms with Gasteiger partial charge >= 0.3 is 0 Å². The molecule has 0 atom stereocenters. The van der Waals surface area contributed by atoms with Crippen molar-refractivity contribution in [1.29, 1.82) is 0 Å². The number of carbonyl (C=O) groups excluding carboxylic acids is 2. The number of nitrogens with zero attached hydrogens (tertiary/aromatic N) is 1. The molecule has 0 aliphatic rings. The summed E-state index contributed by atoms with van der Waals surface area (Å²) in [4.78, 5) is 26.4. The second-order valence-electron chi connectivity index (χ2n) is 5.78. The molecule has 2 amide bonds. The van der Waals surface area contributed by atoms with Gasteiger partial charge in [0, 0.05) is 29.9 Å². The van der Waals surface area contributed by atoms with E-state index in [1.165, 1.54) is 18.2 Å². The van der Waals surface area contributed by atoms with E-state index in [1.54, 1.807) is 36.2 Å². The predicted molar refractivity (Wildman–Crippen MR) is 99.4 cm³/mol. The minimum absolute atomic E-state index is 0.0983. The maximum atomic E-state index is 12.4. The monoisotopic (exact) mass is 360 g/mol. The molecule has 2 rings (SSSR count). The van der Waals surface area contributed by atoms with Crippen LogP contribution in [0.25, 0.3) is 0 Å². The Labute approximate surface area is 152 Å². The van der Waals surface area contributed by atoms with Gasteiger partial charge in [0.1, 0.15) is 5.75 Å². The van der Waals surface area contributed by atoms with E-state index in [0.717, 1.165) is 12.8 Å². The molecule has 0 spiro atoms. The van der Waals surface area contributed by atoms with E-state index in [-0.39, 0.29) is 17.2 Å². The number of unbranched alkanes of at least 4 members (excludes halogenated alkanes) is 1. The Morgan fingerprint density at radius 1 is 1.20 bits per heavy atom. The van der Waals surface area contributed by atoms with Crippen LogP contribution in [0.1, 0.15) is 40.5 Å². The molecule has 0 bridgehead atoms. The van der Waals surface area contributed by atoms with E-state index in [0.29, 0.717) is 22.8 Å². The number of phenolic OH excluding ortho intramolecular Hbond substituents is 1. The van der Waals surface area contributed by atoms with Gasteiger partial charge in [-0.05, 0) is 42.8 Å². The number of benzene rings is 2. The fraction of sp³-hybridized carbons (Fsp3) is 0.263. The summed E-state index contributed by atoms with van der Waals surface area (Å²) < 4.78 is 0. The summed E-state index contributed by atoms with van der Waals surface area (Å²) in [7, 11) is 1.76. The van der Waals surface area contributed by atoms with Crippen LogP contribution < -0.4 is 5.32 Å². The van der Waals surface area contributed by atoms with Gasteiger partial charge in [-0.15, -0.1) is 0 Å². The quantitative estimate of drug-likeness (QED) is 0.812. The largest absolute Gasteiger partial charge is 0.507 e. The van der Waals surface area contributed by atoms with Crippen molar-refractivity contribution in [2.24, 2.45) is 0 Å². The lowest BCUT2D eigenvalue weighted by Crippen LogP contribution is -2.27. The van der Waals surface area contributed by atoms with Gasteiger partial charge in [-0.1, -0.05) is 31.0 Å². The highest BCUT2D eigenvalue weighted by Crippen LogP contribution is 2.23. The SMILES string of the molecule is CCCCN(C)C(=O)c1cccc(NC(=O)c2ccc(Cl)cc2O)c1. The topological polar surface area (TPSA) is 69.6 Å². The Balaban J connectivity index is 2.13. The van der Waals surface area contributed by atoms with Crippen molar-refractivity contribution in [2.45, 2.75) is 19.8 Å². The van der Waals surface area contributed by atoms with Crippen molar-refractivity contribution in [3.8, 4) is 5.75 Å². The molecule has 0 aliphatic heterocycles. The Morgan fingerprint density at radius 2 is 1.96 bits per heavy atom. The Bertz CT molecular complexity index is 777. The van der Waals surface area contributed by atoms with Crippen LogP contribution in [0.5, 0.6) is 5.75 Å². The van der Waals surface area contributed by atoms with Gasteiger partial charge in [0.25, 0.3) is 11.8 Å². The third-order valence-corrected chi connectivity index (χ3v) is 4.00. The molecule has 0 fully saturated rings. The van der Waals surface area contributed by atoms with Crippen molar-refractivity contribution in [3.63, 3.8) is 0 Å². The van der Waals surface area contributed by atoms with E-state index in [4.69, 9.17) is 11.6 Å². The third kappa shape index (κ3) is 4.97. The summed E-state index contributed by atoms with van der Waals surface area (Å²) in [5.41, 5.74) is 1.09. The van der Waals surface area contributed by atoms with Gasteiger partial charge in [-0.2, -0.15) is 0 Å². The molecule has 132 valence electrons. The molecule has 0 heterocycles. The molecule has 25 heavy (non-hydrogen) atoms. The number of nitrogens with one attached hydrogen (secondary N) is 1. The molecule has 0 radical (unpaired) electrons. The van der Waals surface area contributed by atoms with Crippen molar-refractivity contribution in [3.05, 3.63) is 58.6 Å². The van der Waals surface area contributed by atoms with Crippen LogP contribution in [-0.4, -0.2) is 35.4 Å². The minimum Gasteiger partial charge on any atom is -0.507 e. The summed E-state index contributed by atoms with van der Waals surface area (Å²) in [5.74, 6) is -0.770. The summed E-state index contributed by atoms with van der Waals surface area (Å²) in [6, 6.07) is 11.0. The zero-order valence-corrected chi connectivity index (χ0v) is 15.0. The molecule has 0 aromatic heterocycles. The van der Waals surface area contributed by atoms with E-state index in [2.05, 4.69) is 12.2 Å². The van der Waals surface area contributed by atoms with Crippen LogP contribution >= 0.6 is 11.6 Å². The lowest BCUT2D eigenvalue weighted by Gasteiger charge is -2.17. The average molecular weight is 361 g/mol. The average Bonchev–Trinajstić information content (AvgIpc) is 2.59. The zero-order chi connectivity index (χ0) is 18.4. The van der Waals surface area contributed by atoms with Crippen LogP contribution in [0.4, 0.5) is 5.69 Å². The second kappa shape index (κ2) is 8.53. The lowest BCUT2D eigenvalue weighted by molar-refractivity contribution is 0.0793. The van der Waals surface area contributed by atoms with Crippen LogP contribution in [0, 0.1) is 0 Å². The lowest BCUT2D eigenvalue weighted by atomic mass is 10.1. The van der Waals surface area contributed by atoms with Crippen LogP contribution in [0.2, 0.25) is 5.02 Å². The highest BCUT2D eigenvalue weighted by atomic mass is 35.5. The molecule has 0 saturated heterocycles. The van der Waals surface area contributed by atoms with Gasteiger partial charge < -0.3 is 15.3 Å². The maximum absolute atomic E-state index is 12.4. The number of rotatable bonds is 6. The van der Waals surface area contributed by atoms with E-state index >= 15 is 0 Å². The van der Waals surface area contributed by atoms with Gasteiger partial charge in [0.05, 0.1) is 5.56 Å². The first-order chi connectivity index (χ1) is 11.9. The van der Waals surface area contributed by atoms with Crippen molar-refractivity contribution < 1.29 is 14.7 Å². The van der Waals surface area contributed by atoms with Gasteiger partial charge in [0.15, 0.2) is 0 Å². The maximum Gasteiger partial charge on any atom is 0.259 e. The molecule has 5 nitrogen and oxygen atoms in total. The van der Waals surface area contributed by atoms with E-state index < -0.39 is 5.91 Å². The van der Waals surface area contributed by atoms with E-state index in [9.17, 15) is 14.7 Å². The molecule has 0 unspecified atom stereocenters. The van der Waals surface area contributed by atoms with Gasteiger partial charge in [0.2, 0.25) is 0 Å². The van der Waals surface area contributed by atoms with Crippen molar-refractivity contribution >= 4 is 29.1 Å². The summed E-state index contributed by atoms with van der Waals surface area (Å²) in [6.07, 6.45) is 1.95. The molecular weight excluding hydrogens is 340 g/mol. The smallest absolute Gasteiger partial charge is 0.259 e. The second-order valence-corrected chi connectivity index (χ2v) is 6.21. The first-order valence-corrected chi connectivity index (χ1v) is 8.45. The molecule has 0 aliphatic carbocycles. The van der Waals surface area contributed by atoms with Crippen molar-refractivity contribution in [1.82, 2.24) is 4.90 Å². The molecule has 2 aromatic rings. The third-order valence-electron chi connectivity index (χ3n) is 3.77. The van der Waals surface area contributed by atoms with Gasteiger partial charge in [-0.3, -0.25) is 9.59 Å². The van der Waals surface area contributed by atoms with E-state index in [1.807, 2.05) is 0 Å². The Kier molecular flexibility index (Phi) is 6.42. The number of phenols is 1. The van der Waals surface area contributed by atoms with Crippen LogP contribution in [-0.2, 0) is 0 Å². The minimum atomic E-state index is -0.474. The van der Waals surface area contributed by atoms with Crippen LogP contribution in [0.3, 0.4) is 0 Å². The fourth-order valence-corrected chi connectivity index (χ4v) is 2.51.